The van der Waals surface area contributed by atoms with Gasteiger partial charge in [-0.05, 0) is 0 Å². The molecule has 4 heteroatoms. The highest BCUT2D eigenvalue weighted by Gasteiger charge is 1.92. The minimum absolute atomic E-state index is 0.453. The zero-order valence-electron chi connectivity index (χ0n) is 6.48. The largest absolute Gasteiger partial charge is 0.352 e. The summed E-state index contributed by atoms with van der Waals surface area (Å²) in [4.78, 5) is 10.1. The average molecular weight is 145 g/mol. The second-order valence-corrected chi connectivity index (χ2v) is 2.40. The van der Waals surface area contributed by atoms with Crippen molar-refractivity contribution in [3.05, 3.63) is 0 Å². The van der Waals surface area contributed by atoms with Crippen LogP contribution >= 0.6 is 0 Å². The Morgan fingerprint density at radius 3 is 2.50 bits per heavy atom. The number of nitrogens with one attached hydrogen (secondary N) is 2. The highest BCUT2D eigenvalue weighted by atomic mass is 16.2. The minimum atomic E-state index is -0.467. The first kappa shape index (κ1) is 9.23. The van der Waals surface area contributed by atoms with E-state index in [0.29, 0.717) is 12.6 Å². The molecular weight excluding hydrogens is 130 g/mol. The zero-order valence-corrected chi connectivity index (χ0v) is 6.48. The standard InChI is InChI=1S/C6H15N3O/c1-5(2)8-3-4-9-6(7)10/h5,8H,3-4H2,1-2H3,(H3,7,9,10). The van der Waals surface area contributed by atoms with Crippen LogP contribution in [0.2, 0.25) is 0 Å². The molecule has 0 aromatic heterocycles. The number of carbonyl (C=O) groups is 1. The van der Waals surface area contributed by atoms with Crippen LogP contribution in [0, 0.1) is 0 Å². The van der Waals surface area contributed by atoms with Gasteiger partial charge in [0.1, 0.15) is 0 Å². The van der Waals surface area contributed by atoms with Gasteiger partial charge in [0, 0.05) is 19.1 Å². The van der Waals surface area contributed by atoms with E-state index in [1.165, 1.54) is 0 Å². The predicted octanol–water partition coefficient (Wildman–Crippen LogP) is -0.347. The van der Waals surface area contributed by atoms with Gasteiger partial charge in [0.2, 0.25) is 0 Å². The third-order valence-corrected chi connectivity index (χ3v) is 0.977. The van der Waals surface area contributed by atoms with Crippen molar-refractivity contribution in [1.29, 1.82) is 0 Å². The number of urea groups is 1. The van der Waals surface area contributed by atoms with Gasteiger partial charge in [0.15, 0.2) is 0 Å². The molecule has 4 nitrogen and oxygen atoms in total. The summed E-state index contributed by atoms with van der Waals surface area (Å²) in [6.45, 7) is 5.45. The molecule has 0 spiro atoms. The molecule has 0 unspecified atom stereocenters. The molecule has 10 heavy (non-hydrogen) atoms. The number of hydrogen-bond donors (Lipinski definition) is 3. The second kappa shape index (κ2) is 5.05. The highest BCUT2D eigenvalue weighted by Crippen LogP contribution is 1.72. The van der Waals surface area contributed by atoms with Crippen molar-refractivity contribution in [1.82, 2.24) is 10.6 Å². The predicted molar refractivity (Wildman–Crippen MR) is 40.7 cm³/mol. The molecule has 0 saturated carbocycles. The first-order valence-electron chi connectivity index (χ1n) is 3.39. The van der Waals surface area contributed by atoms with Gasteiger partial charge in [-0.3, -0.25) is 0 Å². The van der Waals surface area contributed by atoms with Crippen molar-refractivity contribution in [2.45, 2.75) is 19.9 Å². The zero-order chi connectivity index (χ0) is 7.98. The summed E-state index contributed by atoms with van der Waals surface area (Å²) in [7, 11) is 0. The van der Waals surface area contributed by atoms with E-state index >= 15 is 0 Å². The van der Waals surface area contributed by atoms with Gasteiger partial charge in [0.25, 0.3) is 0 Å². The van der Waals surface area contributed by atoms with Crippen LogP contribution in [-0.4, -0.2) is 25.2 Å². The van der Waals surface area contributed by atoms with Crippen molar-refractivity contribution in [3.8, 4) is 0 Å². The molecule has 0 rings (SSSR count). The molecule has 0 aliphatic heterocycles. The Morgan fingerprint density at radius 2 is 2.10 bits per heavy atom. The Morgan fingerprint density at radius 1 is 1.50 bits per heavy atom. The number of carbonyl (C=O) groups excluding carboxylic acids is 1. The van der Waals surface area contributed by atoms with Crippen LogP contribution in [0.3, 0.4) is 0 Å². The molecule has 0 heterocycles. The van der Waals surface area contributed by atoms with Crippen LogP contribution in [0.4, 0.5) is 4.79 Å². The third-order valence-electron chi connectivity index (χ3n) is 0.977. The van der Waals surface area contributed by atoms with E-state index in [0.717, 1.165) is 6.54 Å². The lowest BCUT2D eigenvalue weighted by Gasteiger charge is -2.06. The molecule has 0 bridgehead atoms. The van der Waals surface area contributed by atoms with Crippen LogP contribution in [0.5, 0.6) is 0 Å². The molecule has 0 aromatic rings. The van der Waals surface area contributed by atoms with Crippen LogP contribution in [-0.2, 0) is 0 Å². The number of rotatable bonds is 4. The van der Waals surface area contributed by atoms with E-state index in [9.17, 15) is 4.79 Å². The van der Waals surface area contributed by atoms with Crippen LogP contribution in [0.15, 0.2) is 0 Å². The molecular formula is C6H15N3O. The quantitative estimate of drug-likeness (QED) is 0.473. The normalized spacial score (nSPS) is 9.90. The molecule has 2 amide bonds. The first-order valence-corrected chi connectivity index (χ1v) is 3.39. The maximum absolute atomic E-state index is 10.1. The van der Waals surface area contributed by atoms with Crippen LogP contribution in [0.1, 0.15) is 13.8 Å². The summed E-state index contributed by atoms with van der Waals surface area (Å²) in [5.41, 5.74) is 4.83. The lowest BCUT2D eigenvalue weighted by atomic mass is 10.4. The van der Waals surface area contributed by atoms with Gasteiger partial charge in [-0.25, -0.2) is 4.79 Å². The third kappa shape index (κ3) is 7.23. The fourth-order valence-electron chi connectivity index (χ4n) is 0.547. The summed E-state index contributed by atoms with van der Waals surface area (Å²) >= 11 is 0. The maximum atomic E-state index is 10.1. The summed E-state index contributed by atoms with van der Waals surface area (Å²) in [5.74, 6) is 0. The molecule has 4 N–H and O–H groups in total. The van der Waals surface area contributed by atoms with Gasteiger partial charge in [0.05, 0.1) is 0 Å². The number of primary amides is 1. The van der Waals surface area contributed by atoms with E-state index in [1.54, 1.807) is 0 Å². The van der Waals surface area contributed by atoms with Crippen molar-refractivity contribution in [2.24, 2.45) is 5.73 Å². The lowest BCUT2D eigenvalue weighted by Crippen LogP contribution is -2.37. The smallest absolute Gasteiger partial charge is 0.312 e. The highest BCUT2D eigenvalue weighted by molar-refractivity contribution is 5.71. The lowest BCUT2D eigenvalue weighted by molar-refractivity contribution is 0.249. The van der Waals surface area contributed by atoms with Gasteiger partial charge >= 0.3 is 6.03 Å². The molecule has 0 saturated heterocycles. The summed E-state index contributed by atoms with van der Waals surface area (Å²) < 4.78 is 0. The summed E-state index contributed by atoms with van der Waals surface area (Å²) in [6.07, 6.45) is 0. The molecule has 0 aliphatic rings. The molecule has 0 aromatic carbocycles. The Bertz CT molecular complexity index is 103. The number of hydrogen-bond acceptors (Lipinski definition) is 2. The Labute approximate surface area is 61.2 Å². The minimum Gasteiger partial charge on any atom is -0.352 e. The van der Waals surface area contributed by atoms with E-state index in [2.05, 4.69) is 10.6 Å². The fourth-order valence-corrected chi connectivity index (χ4v) is 0.547. The summed E-state index contributed by atoms with van der Waals surface area (Å²) in [5, 5.41) is 5.61. The fraction of sp³-hybridized carbons (Fsp3) is 0.833. The maximum Gasteiger partial charge on any atom is 0.312 e. The van der Waals surface area contributed by atoms with Crippen LogP contribution < -0.4 is 16.4 Å². The van der Waals surface area contributed by atoms with E-state index < -0.39 is 6.03 Å². The topological polar surface area (TPSA) is 67.2 Å². The summed E-state index contributed by atoms with van der Waals surface area (Å²) in [6, 6.07) is -0.0137. The Kier molecular flexibility index (Phi) is 4.66. The van der Waals surface area contributed by atoms with Crippen LogP contribution in [0.25, 0.3) is 0 Å². The Hall–Kier alpha value is -0.770. The first-order chi connectivity index (χ1) is 4.63. The van der Waals surface area contributed by atoms with Crippen molar-refractivity contribution in [3.63, 3.8) is 0 Å². The Balaban J connectivity index is 2.98. The molecule has 0 atom stereocenters. The monoisotopic (exact) mass is 145 g/mol. The average Bonchev–Trinajstić information content (AvgIpc) is 1.79. The second-order valence-electron chi connectivity index (χ2n) is 2.40. The number of nitrogens with two attached hydrogens (primary N) is 1. The van der Waals surface area contributed by atoms with Gasteiger partial charge in [-0.1, -0.05) is 13.8 Å². The molecule has 0 aliphatic carbocycles. The van der Waals surface area contributed by atoms with E-state index in [1.807, 2.05) is 13.8 Å². The van der Waals surface area contributed by atoms with Gasteiger partial charge in [-0.2, -0.15) is 0 Å². The molecule has 0 radical (unpaired) electrons. The molecule has 0 fully saturated rings. The van der Waals surface area contributed by atoms with Crippen molar-refractivity contribution >= 4 is 6.03 Å². The number of amides is 2. The SMILES string of the molecule is CC(C)NCCNC(N)=O. The van der Waals surface area contributed by atoms with Crippen molar-refractivity contribution in [2.75, 3.05) is 13.1 Å². The van der Waals surface area contributed by atoms with Gasteiger partial charge in [-0.15, -0.1) is 0 Å². The van der Waals surface area contributed by atoms with E-state index in [4.69, 9.17) is 5.73 Å². The van der Waals surface area contributed by atoms with Crippen molar-refractivity contribution < 1.29 is 4.79 Å². The van der Waals surface area contributed by atoms with Gasteiger partial charge < -0.3 is 16.4 Å². The molecule has 60 valence electrons. The van der Waals surface area contributed by atoms with E-state index in [-0.39, 0.29) is 0 Å².